The van der Waals surface area contributed by atoms with Gasteiger partial charge in [-0.1, -0.05) is 0 Å². The largest absolute Gasteiger partial charge is 0.480 e. The van der Waals surface area contributed by atoms with Crippen molar-refractivity contribution < 1.29 is 9.90 Å². The molecule has 14 heavy (non-hydrogen) atoms. The summed E-state index contributed by atoms with van der Waals surface area (Å²) in [6, 6.07) is 2.68. The third kappa shape index (κ3) is 5.31. The van der Waals surface area contributed by atoms with E-state index in [0.29, 0.717) is 6.42 Å². The number of halogens is 2. The summed E-state index contributed by atoms with van der Waals surface area (Å²) in [6.07, 6.45) is 3.58. The Hall–Kier alpha value is -0.460. The van der Waals surface area contributed by atoms with Crippen LogP contribution in [0.3, 0.4) is 0 Å². The number of carbonyl (C=O) groups is 1. The number of aromatic nitrogens is 1. The van der Waals surface area contributed by atoms with Crippen LogP contribution in [-0.4, -0.2) is 22.1 Å². The van der Waals surface area contributed by atoms with Gasteiger partial charge < -0.3 is 10.8 Å². The molecule has 0 aliphatic carbocycles. The molecule has 1 aromatic heterocycles. The Morgan fingerprint density at radius 2 is 1.93 bits per heavy atom. The molecule has 0 fully saturated rings. The molecule has 0 aromatic carbocycles. The molecule has 0 amide bonds. The molecule has 1 aromatic rings. The van der Waals surface area contributed by atoms with Crippen molar-refractivity contribution in [1.82, 2.24) is 4.98 Å². The minimum atomic E-state index is -0.980. The first-order chi connectivity index (χ1) is 5.70. The predicted octanol–water partition coefficient (Wildman–Crippen LogP) is 1.19. The van der Waals surface area contributed by atoms with Gasteiger partial charge in [-0.15, -0.1) is 34.0 Å². The third-order valence-electron chi connectivity index (χ3n) is 1.52. The minimum Gasteiger partial charge on any atom is -0.480 e. The van der Waals surface area contributed by atoms with Crippen molar-refractivity contribution >= 4 is 39.9 Å². The molecule has 3 N–H and O–H groups in total. The van der Waals surface area contributed by atoms with Crippen LogP contribution < -0.4 is 5.73 Å². The van der Waals surface area contributed by atoms with Crippen LogP contribution in [0.5, 0.6) is 0 Å². The fraction of sp³-hybridized carbons (Fsp3) is 0.250. The Labute approximate surface area is 103 Å². The molecule has 6 heteroatoms. The van der Waals surface area contributed by atoms with E-state index in [1.54, 1.807) is 24.5 Å². The molecule has 1 unspecified atom stereocenters. The zero-order valence-corrected chi connectivity index (χ0v) is 10.7. The van der Waals surface area contributed by atoms with E-state index in [-0.39, 0.29) is 34.0 Å². The summed E-state index contributed by atoms with van der Waals surface area (Å²) in [5.41, 5.74) is 6.22. The van der Waals surface area contributed by atoms with E-state index in [0.717, 1.165) is 5.56 Å². The van der Waals surface area contributed by atoms with Crippen molar-refractivity contribution in [3.8, 4) is 0 Å². The van der Waals surface area contributed by atoms with Gasteiger partial charge in [-0.2, -0.15) is 0 Å². The highest BCUT2D eigenvalue weighted by molar-refractivity contribution is 8.93. The molecule has 0 saturated heterocycles. The minimum absolute atomic E-state index is 0. The Kier molecular flexibility index (Phi) is 9.02. The number of pyridine rings is 1. The van der Waals surface area contributed by atoms with E-state index < -0.39 is 12.0 Å². The van der Waals surface area contributed by atoms with Gasteiger partial charge in [-0.25, -0.2) is 0 Å². The lowest BCUT2D eigenvalue weighted by atomic mass is 10.1. The van der Waals surface area contributed by atoms with Gasteiger partial charge in [0, 0.05) is 12.4 Å². The number of nitrogens with two attached hydrogens (primary N) is 1. The Morgan fingerprint density at radius 1 is 1.43 bits per heavy atom. The van der Waals surface area contributed by atoms with Gasteiger partial charge in [0.15, 0.2) is 0 Å². The van der Waals surface area contributed by atoms with E-state index in [2.05, 4.69) is 4.98 Å². The van der Waals surface area contributed by atoms with Gasteiger partial charge >= 0.3 is 5.97 Å². The molecule has 1 heterocycles. The standard InChI is InChI=1S/C8H10N2O2.2BrH/c9-7(8(11)12)5-6-1-3-10-4-2-6;;/h1-4,7H,5,9H2,(H,11,12);2*1H. The highest BCUT2D eigenvalue weighted by atomic mass is 79.9. The molecule has 0 spiro atoms. The maximum atomic E-state index is 10.4. The highest BCUT2D eigenvalue weighted by Crippen LogP contribution is 1.99. The second-order valence-corrected chi connectivity index (χ2v) is 2.50. The average Bonchev–Trinajstić information content (AvgIpc) is 2.06. The number of aliphatic carboxylic acids is 1. The second-order valence-electron chi connectivity index (χ2n) is 2.50. The first kappa shape index (κ1) is 16.0. The van der Waals surface area contributed by atoms with Crippen LogP contribution in [-0.2, 0) is 11.2 Å². The number of hydrogen-bond acceptors (Lipinski definition) is 3. The van der Waals surface area contributed by atoms with E-state index >= 15 is 0 Å². The van der Waals surface area contributed by atoms with Gasteiger partial charge in [0.1, 0.15) is 6.04 Å². The van der Waals surface area contributed by atoms with Gasteiger partial charge in [-0.3, -0.25) is 9.78 Å². The lowest BCUT2D eigenvalue weighted by Gasteiger charge is -2.04. The summed E-state index contributed by atoms with van der Waals surface area (Å²) in [7, 11) is 0. The quantitative estimate of drug-likeness (QED) is 0.874. The summed E-state index contributed by atoms with van der Waals surface area (Å²) < 4.78 is 0. The third-order valence-corrected chi connectivity index (χ3v) is 1.52. The average molecular weight is 328 g/mol. The number of rotatable bonds is 3. The molecule has 0 aliphatic heterocycles. The molecule has 4 nitrogen and oxygen atoms in total. The van der Waals surface area contributed by atoms with Crippen LogP contribution in [0.25, 0.3) is 0 Å². The Morgan fingerprint density at radius 3 is 2.36 bits per heavy atom. The first-order valence-electron chi connectivity index (χ1n) is 3.57. The lowest BCUT2D eigenvalue weighted by molar-refractivity contribution is -0.138. The highest BCUT2D eigenvalue weighted by Gasteiger charge is 2.11. The zero-order valence-electron chi connectivity index (χ0n) is 7.29. The molecular formula is C8H12Br2N2O2. The topological polar surface area (TPSA) is 76.2 Å². The van der Waals surface area contributed by atoms with Crippen molar-refractivity contribution in [2.24, 2.45) is 5.73 Å². The summed E-state index contributed by atoms with van der Waals surface area (Å²) >= 11 is 0. The van der Waals surface area contributed by atoms with E-state index in [1.807, 2.05) is 0 Å². The van der Waals surface area contributed by atoms with Crippen molar-refractivity contribution in [2.45, 2.75) is 12.5 Å². The van der Waals surface area contributed by atoms with Crippen molar-refractivity contribution in [1.29, 1.82) is 0 Å². The lowest BCUT2D eigenvalue weighted by Crippen LogP contribution is -2.32. The van der Waals surface area contributed by atoms with Crippen molar-refractivity contribution in [3.63, 3.8) is 0 Å². The van der Waals surface area contributed by atoms with Gasteiger partial charge in [0.2, 0.25) is 0 Å². The van der Waals surface area contributed by atoms with Gasteiger partial charge in [0.05, 0.1) is 0 Å². The van der Waals surface area contributed by atoms with E-state index in [4.69, 9.17) is 10.8 Å². The molecule has 0 bridgehead atoms. The van der Waals surface area contributed by atoms with Crippen molar-refractivity contribution in [3.05, 3.63) is 30.1 Å². The molecule has 0 aliphatic rings. The zero-order chi connectivity index (χ0) is 8.97. The fourth-order valence-corrected chi connectivity index (χ4v) is 0.860. The summed E-state index contributed by atoms with van der Waals surface area (Å²) in [6.45, 7) is 0. The maximum Gasteiger partial charge on any atom is 0.320 e. The molecule has 1 atom stereocenters. The molecule has 0 radical (unpaired) electrons. The number of hydrogen-bond donors (Lipinski definition) is 2. The smallest absolute Gasteiger partial charge is 0.320 e. The maximum absolute atomic E-state index is 10.4. The number of nitrogens with zero attached hydrogens (tertiary/aromatic N) is 1. The van der Waals surface area contributed by atoms with Crippen LogP contribution in [0.15, 0.2) is 24.5 Å². The Balaban J connectivity index is 0. The number of carboxylic acids is 1. The van der Waals surface area contributed by atoms with Crippen LogP contribution in [0.4, 0.5) is 0 Å². The molecule has 80 valence electrons. The number of carboxylic acid groups (broad SMARTS) is 1. The normalized spacial score (nSPS) is 10.6. The van der Waals surface area contributed by atoms with Crippen LogP contribution in [0.2, 0.25) is 0 Å². The summed E-state index contributed by atoms with van der Waals surface area (Å²) in [5.74, 6) is -0.980. The van der Waals surface area contributed by atoms with E-state index in [9.17, 15) is 4.79 Å². The molecule has 1 rings (SSSR count). The Bertz CT molecular complexity index is 269. The predicted molar refractivity (Wildman–Crippen MR) is 64.2 cm³/mol. The van der Waals surface area contributed by atoms with Crippen LogP contribution in [0.1, 0.15) is 5.56 Å². The fourth-order valence-electron chi connectivity index (χ4n) is 0.860. The molecule has 0 saturated carbocycles. The molecular weight excluding hydrogens is 316 g/mol. The monoisotopic (exact) mass is 326 g/mol. The second kappa shape index (κ2) is 7.90. The van der Waals surface area contributed by atoms with E-state index in [1.165, 1.54) is 0 Å². The van der Waals surface area contributed by atoms with Gasteiger partial charge in [0.25, 0.3) is 0 Å². The summed E-state index contributed by atoms with van der Waals surface area (Å²) in [5, 5.41) is 8.50. The van der Waals surface area contributed by atoms with Gasteiger partial charge in [-0.05, 0) is 24.1 Å². The van der Waals surface area contributed by atoms with Crippen LogP contribution in [0, 0.1) is 0 Å². The van der Waals surface area contributed by atoms with Crippen LogP contribution >= 0.6 is 34.0 Å². The van der Waals surface area contributed by atoms with Crippen molar-refractivity contribution in [2.75, 3.05) is 0 Å². The first-order valence-corrected chi connectivity index (χ1v) is 3.57. The SMILES string of the molecule is Br.Br.NC(Cc1ccncc1)C(=O)O. The summed E-state index contributed by atoms with van der Waals surface area (Å²) in [4.78, 5) is 14.2.